The molecule has 2 aromatic rings. The standard InChI is InChI=1S/C16H13N3O4/c17-6-5-15(22)18-13-3-1-2-4-14(13)19-16(23)10-7-11(20)9-12(21)8-10/h1-4,7-9,20-21H,5H2,(H,18,22)(H,19,23). The van der Waals surface area contributed by atoms with Crippen LogP contribution in [0.3, 0.4) is 0 Å². The number of rotatable bonds is 4. The Morgan fingerprint density at radius 2 is 1.57 bits per heavy atom. The van der Waals surface area contributed by atoms with Gasteiger partial charge in [-0.1, -0.05) is 12.1 Å². The number of aromatic hydroxyl groups is 2. The van der Waals surface area contributed by atoms with Crippen LogP contribution < -0.4 is 10.6 Å². The first-order valence-electron chi connectivity index (χ1n) is 6.60. The van der Waals surface area contributed by atoms with Crippen molar-refractivity contribution in [2.75, 3.05) is 10.6 Å². The maximum Gasteiger partial charge on any atom is 0.255 e. The summed E-state index contributed by atoms with van der Waals surface area (Å²) in [7, 11) is 0. The molecule has 0 atom stereocenters. The van der Waals surface area contributed by atoms with Gasteiger partial charge in [-0.2, -0.15) is 5.26 Å². The molecule has 2 aromatic carbocycles. The number of hydrogen-bond acceptors (Lipinski definition) is 5. The van der Waals surface area contributed by atoms with Gasteiger partial charge in [-0.05, 0) is 24.3 Å². The zero-order valence-electron chi connectivity index (χ0n) is 11.9. The Hall–Kier alpha value is -3.53. The van der Waals surface area contributed by atoms with E-state index in [1.807, 2.05) is 0 Å². The van der Waals surface area contributed by atoms with Gasteiger partial charge in [0.05, 0.1) is 17.4 Å². The number of phenols is 2. The zero-order valence-corrected chi connectivity index (χ0v) is 11.9. The van der Waals surface area contributed by atoms with Gasteiger partial charge in [0.1, 0.15) is 17.9 Å². The lowest BCUT2D eigenvalue weighted by Crippen LogP contribution is -2.16. The van der Waals surface area contributed by atoms with Crippen LogP contribution in [0.4, 0.5) is 11.4 Å². The van der Waals surface area contributed by atoms with Gasteiger partial charge < -0.3 is 20.8 Å². The average molecular weight is 311 g/mol. The second kappa shape index (κ2) is 6.95. The first-order chi connectivity index (χ1) is 11.0. The van der Waals surface area contributed by atoms with Gasteiger partial charge in [-0.15, -0.1) is 0 Å². The lowest BCUT2D eigenvalue weighted by Gasteiger charge is -2.12. The van der Waals surface area contributed by atoms with Crippen molar-refractivity contribution in [2.24, 2.45) is 0 Å². The fourth-order valence-electron chi connectivity index (χ4n) is 1.89. The van der Waals surface area contributed by atoms with E-state index in [0.29, 0.717) is 11.4 Å². The van der Waals surface area contributed by atoms with Gasteiger partial charge in [-0.3, -0.25) is 9.59 Å². The van der Waals surface area contributed by atoms with Crippen LogP contribution in [-0.4, -0.2) is 22.0 Å². The highest BCUT2D eigenvalue weighted by Crippen LogP contribution is 2.24. The number of benzene rings is 2. The third-order valence-corrected chi connectivity index (χ3v) is 2.85. The monoisotopic (exact) mass is 311 g/mol. The summed E-state index contributed by atoms with van der Waals surface area (Å²) in [6.07, 6.45) is -0.303. The van der Waals surface area contributed by atoms with Gasteiger partial charge in [0, 0.05) is 11.6 Å². The van der Waals surface area contributed by atoms with Gasteiger partial charge in [0.15, 0.2) is 0 Å². The summed E-state index contributed by atoms with van der Waals surface area (Å²) in [6, 6.07) is 11.7. The molecule has 2 amide bonds. The smallest absolute Gasteiger partial charge is 0.255 e. The van der Waals surface area contributed by atoms with E-state index in [-0.39, 0.29) is 23.5 Å². The van der Waals surface area contributed by atoms with Crippen LogP contribution >= 0.6 is 0 Å². The van der Waals surface area contributed by atoms with Crippen molar-refractivity contribution < 1.29 is 19.8 Å². The van der Waals surface area contributed by atoms with Crippen LogP contribution in [0, 0.1) is 11.3 Å². The Labute approximate surface area is 131 Å². The van der Waals surface area contributed by atoms with Crippen molar-refractivity contribution in [1.82, 2.24) is 0 Å². The number of carbonyl (C=O) groups excluding carboxylic acids is 2. The summed E-state index contributed by atoms with van der Waals surface area (Å²) in [6.45, 7) is 0. The van der Waals surface area contributed by atoms with E-state index in [0.717, 1.165) is 6.07 Å². The summed E-state index contributed by atoms with van der Waals surface area (Å²) in [5.74, 6) is -1.56. The minimum Gasteiger partial charge on any atom is -0.508 e. The molecule has 0 bridgehead atoms. The average Bonchev–Trinajstić information content (AvgIpc) is 2.48. The Bertz CT molecular complexity index is 776. The highest BCUT2D eigenvalue weighted by molar-refractivity contribution is 6.07. The number of amides is 2. The van der Waals surface area contributed by atoms with E-state index in [1.54, 1.807) is 30.3 Å². The van der Waals surface area contributed by atoms with Crippen LogP contribution in [-0.2, 0) is 4.79 Å². The number of nitriles is 1. The normalized spacial score (nSPS) is 9.70. The number of para-hydroxylation sites is 2. The summed E-state index contributed by atoms with van der Waals surface area (Å²) in [5, 5.41) is 32.4. The number of nitrogens with zero attached hydrogens (tertiary/aromatic N) is 1. The van der Waals surface area contributed by atoms with E-state index in [9.17, 15) is 19.8 Å². The number of anilines is 2. The van der Waals surface area contributed by atoms with E-state index >= 15 is 0 Å². The Kier molecular flexibility index (Phi) is 4.79. The number of phenolic OH excluding ortho intramolecular Hbond substituents is 2. The molecule has 116 valence electrons. The van der Waals surface area contributed by atoms with Crippen molar-refractivity contribution >= 4 is 23.2 Å². The molecular formula is C16H13N3O4. The number of nitrogens with one attached hydrogen (secondary N) is 2. The first-order valence-corrected chi connectivity index (χ1v) is 6.60. The van der Waals surface area contributed by atoms with Gasteiger partial charge in [0.2, 0.25) is 5.91 Å². The lowest BCUT2D eigenvalue weighted by atomic mass is 10.1. The predicted octanol–water partition coefficient (Wildman–Crippen LogP) is 2.20. The molecule has 0 aromatic heterocycles. The maximum absolute atomic E-state index is 12.2. The largest absolute Gasteiger partial charge is 0.508 e. The molecule has 7 nitrogen and oxygen atoms in total. The van der Waals surface area contributed by atoms with Crippen LogP contribution in [0.2, 0.25) is 0 Å². The summed E-state index contributed by atoms with van der Waals surface area (Å²) < 4.78 is 0. The molecule has 23 heavy (non-hydrogen) atoms. The van der Waals surface area contributed by atoms with Crippen molar-refractivity contribution in [3.63, 3.8) is 0 Å². The molecule has 0 aliphatic carbocycles. The van der Waals surface area contributed by atoms with E-state index in [2.05, 4.69) is 10.6 Å². The van der Waals surface area contributed by atoms with Crippen LogP contribution in [0.5, 0.6) is 11.5 Å². The molecule has 7 heteroatoms. The van der Waals surface area contributed by atoms with Crippen molar-refractivity contribution in [3.05, 3.63) is 48.0 Å². The predicted molar refractivity (Wildman–Crippen MR) is 83.0 cm³/mol. The SMILES string of the molecule is N#CCC(=O)Nc1ccccc1NC(=O)c1cc(O)cc(O)c1. The summed E-state index contributed by atoms with van der Waals surface area (Å²) in [4.78, 5) is 23.7. The third-order valence-electron chi connectivity index (χ3n) is 2.85. The second-order valence-electron chi connectivity index (χ2n) is 4.62. The Morgan fingerprint density at radius 3 is 2.13 bits per heavy atom. The van der Waals surface area contributed by atoms with Crippen LogP contribution in [0.15, 0.2) is 42.5 Å². The van der Waals surface area contributed by atoms with Gasteiger partial charge in [-0.25, -0.2) is 0 Å². The Balaban J connectivity index is 2.21. The van der Waals surface area contributed by atoms with Crippen LogP contribution in [0.25, 0.3) is 0 Å². The van der Waals surface area contributed by atoms with Gasteiger partial charge in [0.25, 0.3) is 5.91 Å². The van der Waals surface area contributed by atoms with Crippen molar-refractivity contribution in [3.8, 4) is 17.6 Å². The highest BCUT2D eigenvalue weighted by atomic mass is 16.3. The quantitative estimate of drug-likeness (QED) is 0.689. The van der Waals surface area contributed by atoms with Gasteiger partial charge >= 0.3 is 0 Å². The molecule has 2 rings (SSSR count). The highest BCUT2D eigenvalue weighted by Gasteiger charge is 2.12. The molecule has 0 aliphatic rings. The fraction of sp³-hybridized carbons (Fsp3) is 0.0625. The third kappa shape index (κ3) is 4.22. The molecule has 0 saturated heterocycles. The lowest BCUT2D eigenvalue weighted by molar-refractivity contribution is -0.115. The van der Waals surface area contributed by atoms with Crippen molar-refractivity contribution in [2.45, 2.75) is 6.42 Å². The molecule has 4 N–H and O–H groups in total. The molecule has 0 heterocycles. The molecule has 0 fully saturated rings. The molecule has 0 aliphatic heterocycles. The van der Waals surface area contributed by atoms with E-state index in [1.165, 1.54) is 12.1 Å². The fourth-order valence-corrected chi connectivity index (χ4v) is 1.89. The number of carbonyl (C=O) groups is 2. The maximum atomic E-state index is 12.2. The topological polar surface area (TPSA) is 122 Å². The second-order valence-corrected chi connectivity index (χ2v) is 4.62. The van der Waals surface area contributed by atoms with E-state index < -0.39 is 11.8 Å². The Morgan fingerprint density at radius 1 is 1.00 bits per heavy atom. The molecule has 0 saturated carbocycles. The summed E-state index contributed by atoms with van der Waals surface area (Å²) in [5.41, 5.74) is 0.720. The first kappa shape index (κ1) is 15.9. The van der Waals surface area contributed by atoms with E-state index in [4.69, 9.17) is 5.26 Å². The molecular weight excluding hydrogens is 298 g/mol. The molecule has 0 unspecified atom stereocenters. The minimum absolute atomic E-state index is 0.0562. The summed E-state index contributed by atoms with van der Waals surface area (Å²) >= 11 is 0. The number of hydrogen-bond donors (Lipinski definition) is 4. The molecule has 0 radical (unpaired) electrons. The van der Waals surface area contributed by atoms with Crippen LogP contribution in [0.1, 0.15) is 16.8 Å². The minimum atomic E-state index is -0.571. The van der Waals surface area contributed by atoms with Crippen molar-refractivity contribution in [1.29, 1.82) is 5.26 Å². The molecule has 0 spiro atoms. The zero-order chi connectivity index (χ0) is 16.8.